The van der Waals surface area contributed by atoms with Crippen LogP contribution in [0.4, 0.5) is 0 Å². The molecule has 7 heteroatoms. The number of nitrogens with zero attached hydrogens (tertiary/aromatic N) is 1. The summed E-state index contributed by atoms with van der Waals surface area (Å²) in [6.45, 7) is 1.76. The van der Waals surface area contributed by atoms with Crippen molar-refractivity contribution in [3.8, 4) is 17.1 Å². The molecule has 2 N–H and O–H groups in total. The molecule has 0 saturated carbocycles. The highest BCUT2D eigenvalue weighted by Crippen LogP contribution is 2.18. The Labute approximate surface area is 150 Å². The first-order chi connectivity index (χ1) is 12.6. The van der Waals surface area contributed by atoms with Crippen LogP contribution in [0.5, 0.6) is 5.75 Å². The van der Waals surface area contributed by atoms with E-state index < -0.39 is 11.8 Å². The molecule has 0 aliphatic heterocycles. The summed E-state index contributed by atoms with van der Waals surface area (Å²) < 4.78 is 10.5. The van der Waals surface area contributed by atoms with E-state index in [-0.39, 0.29) is 6.61 Å². The average molecular weight is 351 g/mol. The van der Waals surface area contributed by atoms with Crippen molar-refractivity contribution >= 4 is 11.8 Å². The zero-order chi connectivity index (χ0) is 18.4. The first kappa shape index (κ1) is 17.2. The Morgan fingerprint density at radius 1 is 1.04 bits per heavy atom. The maximum atomic E-state index is 12.1. The molecule has 0 unspecified atom stereocenters. The molecular weight excluding hydrogens is 334 g/mol. The van der Waals surface area contributed by atoms with E-state index in [4.69, 9.17) is 9.15 Å². The molecule has 7 nitrogen and oxygen atoms in total. The van der Waals surface area contributed by atoms with E-state index in [9.17, 15) is 9.59 Å². The van der Waals surface area contributed by atoms with Gasteiger partial charge in [0.1, 0.15) is 5.75 Å². The van der Waals surface area contributed by atoms with Crippen LogP contribution in [0.25, 0.3) is 11.3 Å². The van der Waals surface area contributed by atoms with Crippen LogP contribution in [0.2, 0.25) is 0 Å². The molecule has 2 aromatic carbocycles. The lowest BCUT2D eigenvalue weighted by atomic mass is 10.1. The number of carbonyl (C=O) groups excluding carboxylic acids is 2. The molecule has 26 heavy (non-hydrogen) atoms. The Balaban J connectivity index is 1.47. The van der Waals surface area contributed by atoms with Crippen molar-refractivity contribution in [1.82, 2.24) is 15.8 Å². The van der Waals surface area contributed by atoms with Gasteiger partial charge in [0, 0.05) is 11.1 Å². The van der Waals surface area contributed by atoms with E-state index in [1.165, 1.54) is 6.39 Å². The number of benzene rings is 2. The van der Waals surface area contributed by atoms with Crippen molar-refractivity contribution < 1.29 is 18.7 Å². The summed E-state index contributed by atoms with van der Waals surface area (Å²) in [6.07, 6.45) is 2.92. The van der Waals surface area contributed by atoms with E-state index in [1.54, 1.807) is 42.6 Å². The summed E-state index contributed by atoms with van der Waals surface area (Å²) in [4.78, 5) is 27.7. The summed E-state index contributed by atoms with van der Waals surface area (Å²) in [5.74, 6) is 0.300. The summed E-state index contributed by atoms with van der Waals surface area (Å²) >= 11 is 0. The standard InChI is InChI=1S/C19H17N3O4/c1-13-2-8-16(9-3-13)25-11-18(23)21-22-19(24)15-6-4-14(5-7-15)17-10-20-12-26-17/h2-10,12H,11H2,1H3,(H,21,23)(H,22,24). The van der Waals surface area contributed by atoms with Crippen LogP contribution < -0.4 is 15.6 Å². The van der Waals surface area contributed by atoms with E-state index in [0.29, 0.717) is 17.1 Å². The van der Waals surface area contributed by atoms with Crippen molar-refractivity contribution in [2.24, 2.45) is 0 Å². The lowest BCUT2D eigenvalue weighted by Crippen LogP contribution is -2.43. The third-order valence-electron chi connectivity index (χ3n) is 3.57. The normalized spacial score (nSPS) is 10.2. The summed E-state index contributed by atoms with van der Waals surface area (Å²) in [7, 11) is 0. The summed E-state index contributed by atoms with van der Waals surface area (Å²) in [5, 5.41) is 0. The van der Waals surface area contributed by atoms with Gasteiger partial charge in [-0.3, -0.25) is 20.4 Å². The number of amides is 2. The molecule has 132 valence electrons. The fourth-order valence-corrected chi connectivity index (χ4v) is 2.16. The van der Waals surface area contributed by atoms with Crippen molar-refractivity contribution in [3.05, 3.63) is 72.2 Å². The predicted octanol–water partition coefficient (Wildman–Crippen LogP) is 2.49. The van der Waals surface area contributed by atoms with Gasteiger partial charge in [0.2, 0.25) is 0 Å². The molecule has 0 aliphatic rings. The number of ether oxygens (including phenoxy) is 1. The second kappa shape index (κ2) is 7.98. The van der Waals surface area contributed by atoms with Gasteiger partial charge >= 0.3 is 0 Å². The molecule has 0 spiro atoms. The van der Waals surface area contributed by atoms with E-state index in [0.717, 1.165) is 11.1 Å². The molecule has 0 aliphatic carbocycles. The van der Waals surface area contributed by atoms with Gasteiger partial charge in [-0.1, -0.05) is 29.8 Å². The largest absolute Gasteiger partial charge is 0.484 e. The van der Waals surface area contributed by atoms with Gasteiger partial charge in [0.15, 0.2) is 18.8 Å². The number of nitrogens with one attached hydrogen (secondary N) is 2. The fourth-order valence-electron chi connectivity index (χ4n) is 2.16. The molecule has 1 aromatic heterocycles. The highest BCUT2D eigenvalue weighted by molar-refractivity contribution is 5.95. The monoisotopic (exact) mass is 351 g/mol. The minimum atomic E-state index is -0.461. The lowest BCUT2D eigenvalue weighted by molar-refractivity contribution is -0.123. The van der Waals surface area contributed by atoms with Crippen molar-refractivity contribution in [1.29, 1.82) is 0 Å². The SMILES string of the molecule is Cc1ccc(OCC(=O)NNC(=O)c2ccc(-c3cnco3)cc2)cc1. The fraction of sp³-hybridized carbons (Fsp3) is 0.105. The zero-order valence-corrected chi connectivity index (χ0v) is 14.1. The minimum absolute atomic E-state index is 0.201. The van der Waals surface area contributed by atoms with Crippen LogP contribution >= 0.6 is 0 Å². The summed E-state index contributed by atoms with van der Waals surface area (Å²) in [5.41, 5.74) is 6.95. The number of aromatic nitrogens is 1. The van der Waals surface area contributed by atoms with Gasteiger partial charge in [0.05, 0.1) is 6.20 Å². The van der Waals surface area contributed by atoms with Gasteiger partial charge < -0.3 is 9.15 Å². The molecule has 0 radical (unpaired) electrons. The van der Waals surface area contributed by atoms with Crippen LogP contribution in [-0.2, 0) is 4.79 Å². The molecule has 3 aromatic rings. The molecule has 1 heterocycles. The second-order valence-corrected chi connectivity index (χ2v) is 5.55. The topological polar surface area (TPSA) is 93.5 Å². The molecule has 0 atom stereocenters. The molecule has 0 bridgehead atoms. The number of hydrogen-bond acceptors (Lipinski definition) is 5. The Kier molecular flexibility index (Phi) is 5.28. The number of hydrogen-bond donors (Lipinski definition) is 2. The third-order valence-corrected chi connectivity index (χ3v) is 3.57. The van der Waals surface area contributed by atoms with E-state index >= 15 is 0 Å². The Bertz CT molecular complexity index is 872. The zero-order valence-electron chi connectivity index (χ0n) is 14.1. The quantitative estimate of drug-likeness (QED) is 0.689. The van der Waals surface area contributed by atoms with Crippen molar-refractivity contribution in [3.63, 3.8) is 0 Å². The highest BCUT2D eigenvalue weighted by atomic mass is 16.5. The average Bonchev–Trinajstić information content (AvgIpc) is 3.20. The van der Waals surface area contributed by atoms with Gasteiger partial charge in [-0.15, -0.1) is 0 Å². The van der Waals surface area contributed by atoms with Gasteiger partial charge in [0.25, 0.3) is 11.8 Å². The smallest absolute Gasteiger partial charge is 0.276 e. The number of rotatable bonds is 5. The van der Waals surface area contributed by atoms with Crippen LogP contribution in [0.15, 0.2) is 65.5 Å². The van der Waals surface area contributed by atoms with Crippen molar-refractivity contribution in [2.45, 2.75) is 6.92 Å². The minimum Gasteiger partial charge on any atom is -0.484 e. The number of oxazole rings is 1. The Morgan fingerprint density at radius 2 is 1.77 bits per heavy atom. The van der Waals surface area contributed by atoms with Crippen LogP contribution in [-0.4, -0.2) is 23.4 Å². The molecule has 3 rings (SSSR count). The summed E-state index contributed by atoms with van der Waals surface area (Å²) in [6, 6.07) is 14.0. The second-order valence-electron chi connectivity index (χ2n) is 5.55. The van der Waals surface area contributed by atoms with E-state index in [2.05, 4.69) is 15.8 Å². The highest BCUT2D eigenvalue weighted by Gasteiger charge is 2.09. The van der Waals surface area contributed by atoms with Crippen molar-refractivity contribution in [2.75, 3.05) is 6.61 Å². The van der Waals surface area contributed by atoms with Crippen LogP contribution in [0.3, 0.4) is 0 Å². The molecule has 0 fully saturated rings. The molecule has 2 amide bonds. The third kappa shape index (κ3) is 4.47. The maximum absolute atomic E-state index is 12.1. The first-order valence-corrected chi connectivity index (χ1v) is 7.89. The van der Waals surface area contributed by atoms with Gasteiger partial charge in [-0.25, -0.2) is 4.98 Å². The molecule has 0 saturated heterocycles. The number of carbonyl (C=O) groups is 2. The van der Waals surface area contributed by atoms with Crippen LogP contribution in [0, 0.1) is 6.92 Å². The van der Waals surface area contributed by atoms with E-state index in [1.807, 2.05) is 19.1 Å². The van der Waals surface area contributed by atoms with Gasteiger partial charge in [-0.2, -0.15) is 0 Å². The number of hydrazine groups is 1. The number of aryl methyl sites for hydroxylation is 1. The predicted molar refractivity (Wildman–Crippen MR) is 94.2 cm³/mol. The molecular formula is C19H17N3O4. The lowest BCUT2D eigenvalue weighted by Gasteiger charge is -2.09. The maximum Gasteiger partial charge on any atom is 0.276 e. The van der Waals surface area contributed by atoms with Gasteiger partial charge in [-0.05, 0) is 31.2 Å². The van der Waals surface area contributed by atoms with Crippen LogP contribution in [0.1, 0.15) is 15.9 Å². The Hall–Kier alpha value is -3.61. The first-order valence-electron chi connectivity index (χ1n) is 7.89. The Morgan fingerprint density at radius 3 is 2.42 bits per heavy atom.